The maximum atomic E-state index is 12.7. The van der Waals surface area contributed by atoms with E-state index in [9.17, 15) is 14.4 Å². The smallest absolute Gasteiger partial charge is 0.243 e. The van der Waals surface area contributed by atoms with Gasteiger partial charge in [-0.2, -0.15) is 0 Å². The monoisotopic (exact) mass is 385 g/mol. The van der Waals surface area contributed by atoms with Crippen LogP contribution in [-0.2, 0) is 14.4 Å². The molecule has 0 radical (unpaired) electrons. The minimum absolute atomic E-state index is 0.0531. The fourth-order valence-corrected chi connectivity index (χ4v) is 4.52. The van der Waals surface area contributed by atoms with Crippen LogP contribution in [0.1, 0.15) is 46.0 Å². The third kappa shape index (κ3) is 6.67. The molecule has 1 fully saturated rings. The Balaban J connectivity index is 2.64. The normalized spacial score (nSPS) is 19.4. The lowest BCUT2D eigenvalue weighted by atomic mass is 9.98. The summed E-state index contributed by atoms with van der Waals surface area (Å²) in [6.07, 6.45) is 2.54. The molecule has 0 aromatic rings. The van der Waals surface area contributed by atoms with Crippen molar-refractivity contribution in [3.8, 4) is 0 Å². The topological polar surface area (TPSA) is 104 Å². The van der Waals surface area contributed by atoms with Crippen LogP contribution in [0.25, 0.3) is 0 Å². The summed E-state index contributed by atoms with van der Waals surface area (Å²) in [4.78, 5) is 38.4. The van der Waals surface area contributed by atoms with Crippen LogP contribution >= 0.6 is 11.8 Å². The van der Waals surface area contributed by atoms with Gasteiger partial charge in [0.05, 0.1) is 14.8 Å². The summed E-state index contributed by atoms with van der Waals surface area (Å²) in [6, 6.07) is -0.412. The molecule has 1 aliphatic heterocycles. The van der Waals surface area contributed by atoms with Gasteiger partial charge in [0.25, 0.3) is 0 Å². The molecule has 2 amide bonds. The van der Waals surface area contributed by atoms with Gasteiger partial charge in [0.2, 0.25) is 11.8 Å². The summed E-state index contributed by atoms with van der Waals surface area (Å²) >= 11 is 1.50. The number of carbonyl (C=O) groups excluding carboxylic acids is 3. The van der Waals surface area contributed by atoms with Crippen LogP contribution in [0.3, 0.4) is 0 Å². The molecule has 1 saturated heterocycles. The van der Waals surface area contributed by atoms with E-state index in [0.717, 1.165) is 23.9 Å². The van der Waals surface area contributed by atoms with Crippen molar-refractivity contribution >= 4 is 44.2 Å². The van der Waals surface area contributed by atoms with Crippen molar-refractivity contribution < 1.29 is 14.4 Å². The molecule has 0 spiro atoms. The van der Waals surface area contributed by atoms with Crippen molar-refractivity contribution in [3.63, 3.8) is 0 Å². The molecule has 8 heteroatoms. The number of amides is 2. The number of nitrogens with zero attached hydrogens (tertiary/aromatic N) is 1. The van der Waals surface area contributed by atoms with Crippen molar-refractivity contribution in [1.29, 1.82) is 5.41 Å². The molecule has 0 saturated carbocycles. The average Bonchev–Trinajstić information content (AvgIpc) is 2.84. The first-order valence-electron chi connectivity index (χ1n) is 9.08. The number of nitrogens with one attached hydrogen (secondary N) is 1. The Bertz CT molecular complexity index is 513. The van der Waals surface area contributed by atoms with E-state index >= 15 is 0 Å². The number of hydrogen-bond donors (Lipinski definition) is 2. The second kappa shape index (κ2) is 10.9. The molecule has 25 heavy (non-hydrogen) atoms. The minimum atomic E-state index is -0.412. The van der Waals surface area contributed by atoms with Crippen molar-refractivity contribution in [2.75, 3.05) is 12.3 Å². The number of thioether (sulfide) groups is 1. The summed E-state index contributed by atoms with van der Waals surface area (Å²) < 4.78 is 0. The highest BCUT2D eigenvalue weighted by atomic mass is 32.2. The molecular formula is C17H31N3O3SSi. The first-order valence-corrected chi connectivity index (χ1v) is 12.2. The van der Waals surface area contributed by atoms with Gasteiger partial charge in [-0.1, -0.05) is 20.4 Å². The van der Waals surface area contributed by atoms with Crippen LogP contribution in [0.15, 0.2) is 0 Å². The quantitative estimate of drug-likeness (QED) is 0.227. The Labute approximate surface area is 157 Å². The van der Waals surface area contributed by atoms with Crippen LogP contribution in [0.2, 0.25) is 6.55 Å². The van der Waals surface area contributed by atoms with E-state index in [1.165, 1.54) is 16.7 Å². The number of hydrogen-bond acceptors (Lipinski definition) is 6. The molecule has 1 rings (SSSR count). The van der Waals surface area contributed by atoms with Crippen molar-refractivity contribution in [2.24, 2.45) is 11.7 Å². The third-order valence-electron chi connectivity index (χ3n) is 4.46. The maximum Gasteiger partial charge on any atom is 0.243 e. The van der Waals surface area contributed by atoms with Crippen molar-refractivity contribution in [1.82, 2.24) is 4.90 Å². The van der Waals surface area contributed by atoms with E-state index < -0.39 is 6.04 Å². The number of carbonyl (C=O) groups is 3. The molecule has 0 aromatic heterocycles. The lowest BCUT2D eigenvalue weighted by Crippen LogP contribution is -2.43. The summed E-state index contributed by atoms with van der Waals surface area (Å²) in [6.45, 7) is 6.09. The van der Waals surface area contributed by atoms with Gasteiger partial charge in [0.1, 0.15) is 5.78 Å². The number of Topliss-reactive ketones (excluding diaryl/α,β-unsaturated/α-hetero) is 1. The molecule has 0 bridgehead atoms. The Morgan fingerprint density at radius 2 is 2.12 bits per heavy atom. The standard InChI is InChI=1S/C17H31N3O3SSi/c1-11(2)13(21)9-12(6-7-18)20-16(22)10-14(17(20)23)24-8-4-5-15(19)25-3/h11-12,14,19H,4-10,18,25H2,1-3H3. The van der Waals surface area contributed by atoms with Gasteiger partial charge >= 0.3 is 0 Å². The lowest BCUT2D eigenvalue weighted by Gasteiger charge is -2.26. The molecule has 2 atom stereocenters. The summed E-state index contributed by atoms with van der Waals surface area (Å²) in [5.74, 6) is 0.352. The van der Waals surface area contributed by atoms with E-state index in [2.05, 4.69) is 6.55 Å². The Morgan fingerprint density at radius 3 is 2.68 bits per heavy atom. The van der Waals surface area contributed by atoms with Crippen LogP contribution in [0.4, 0.5) is 0 Å². The van der Waals surface area contributed by atoms with E-state index in [-0.39, 0.29) is 51.1 Å². The van der Waals surface area contributed by atoms with Gasteiger partial charge in [-0.05, 0) is 36.9 Å². The highest BCUT2D eigenvalue weighted by Gasteiger charge is 2.42. The summed E-state index contributed by atoms with van der Waals surface area (Å²) in [5.41, 5.74) is 5.63. The highest BCUT2D eigenvalue weighted by Crippen LogP contribution is 2.29. The zero-order chi connectivity index (χ0) is 19.0. The molecule has 2 unspecified atom stereocenters. The predicted octanol–water partition coefficient (Wildman–Crippen LogP) is 1.15. The second-order valence-corrected chi connectivity index (χ2v) is 9.65. The van der Waals surface area contributed by atoms with Crippen LogP contribution in [-0.4, -0.2) is 60.9 Å². The molecule has 142 valence electrons. The zero-order valence-electron chi connectivity index (χ0n) is 15.5. The van der Waals surface area contributed by atoms with Crippen molar-refractivity contribution in [3.05, 3.63) is 0 Å². The fourth-order valence-electron chi connectivity index (χ4n) is 2.81. The third-order valence-corrected chi connectivity index (χ3v) is 6.96. The van der Waals surface area contributed by atoms with Gasteiger partial charge < -0.3 is 11.1 Å². The van der Waals surface area contributed by atoms with Crippen LogP contribution in [0.5, 0.6) is 0 Å². The number of likely N-dealkylation sites (tertiary alicyclic amines) is 1. The number of rotatable bonds is 12. The second-order valence-electron chi connectivity index (χ2n) is 6.78. The average molecular weight is 386 g/mol. The fraction of sp³-hybridized carbons (Fsp3) is 0.765. The summed E-state index contributed by atoms with van der Waals surface area (Å²) in [7, 11) is -0.368. The zero-order valence-corrected chi connectivity index (χ0v) is 17.8. The van der Waals surface area contributed by atoms with Gasteiger partial charge in [-0.25, -0.2) is 0 Å². The highest BCUT2D eigenvalue weighted by molar-refractivity contribution is 8.00. The SMILES string of the molecule is C[SiH2]C(=N)CCCSC1CC(=O)N(C(CCN)CC(=O)C(C)C)C1=O. The van der Waals surface area contributed by atoms with Gasteiger partial charge in [0.15, 0.2) is 0 Å². The lowest BCUT2D eigenvalue weighted by molar-refractivity contribution is -0.141. The first kappa shape index (κ1) is 22.0. The van der Waals surface area contributed by atoms with E-state index in [1.807, 2.05) is 13.8 Å². The van der Waals surface area contributed by atoms with E-state index in [1.54, 1.807) is 0 Å². The largest absolute Gasteiger partial charge is 0.330 e. The first-order chi connectivity index (χ1) is 11.8. The molecule has 1 heterocycles. The summed E-state index contributed by atoms with van der Waals surface area (Å²) in [5, 5.41) is 8.21. The van der Waals surface area contributed by atoms with Crippen LogP contribution in [0, 0.1) is 11.3 Å². The Morgan fingerprint density at radius 1 is 1.44 bits per heavy atom. The number of nitrogens with two attached hydrogens (primary N) is 1. The molecule has 0 aromatic carbocycles. The minimum Gasteiger partial charge on any atom is -0.330 e. The Hall–Kier alpha value is -0.993. The molecule has 1 aliphatic rings. The number of imide groups is 1. The maximum absolute atomic E-state index is 12.7. The molecule has 6 nitrogen and oxygen atoms in total. The predicted molar refractivity (Wildman–Crippen MR) is 106 cm³/mol. The molecule has 3 N–H and O–H groups in total. The van der Waals surface area contributed by atoms with Gasteiger partial charge in [-0.15, -0.1) is 11.8 Å². The Kier molecular flexibility index (Phi) is 9.59. The van der Waals surface area contributed by atoms with E-state index in [0.29, 0.717) is 13.0 Å². The van der Waals surface area contributed by atoms with Gasteiger partial charge in [-0.3, -0.25) is 19.3 Å². The van der Waals surface area contributed by atoms with Crippen LogP contribution < -0.4 is 5.73 Å². The number of ketones is 1. The van der Waals surface area contributed by atoms with Gasteiger partial charge in [0, 0.05) is 24.8 Å². The molecular weight excluding hydrogens is 354 g/mol. The van der Waals surface area contributed by atoms with Crippen molar-refractivity contribution in [2.45, 2.75) is 63.8 Å². The molecule has 0 aliphatic carbocycles. The van der Waals surface area contributed by atoms with E-state index in [4.69, 9.17) is 11.1 Å².